The van der Waals surface area contributed by atoms with Crippen molar-refractivity contribution in [3.8, 4) is 16.5 Å². The highest BCUT2D eigenvalue weighted by atomic mass is 32.1. The van der Waals surface area contributed by atoms with E-state index in [1.165, 1.54) is 42.2 Å². The molecule has 1 aromatic carbocycles. The fourth-order valence-electron chi connectivity index (χ4n) is 3.93. The molecule has 0 aliphatic heterocycles. The maximum absolute atomic E-state index is 13.6. The van der Waals surface area contributed by atoms with Crippen LogP contribution < -0.4 is 21.7 Å². The van der Waals surface area contributed by atoms with Gasteiger partial charge in [0.1, 0.15) is 22.4 Å². The zero-order valence-corrected chi connectivity index (χ0v) is 20.3. The summed E-state index contributed by atoms with van der Waals surface area (Å²) in [5, 5.41) is 0.338. The number of hydrogen-bond acceptors (Lipinski definition) is 7. The van der Waals surface area contributed by atoms with Crippen molar-refractivity contribution in [3.63, 3.8) is 0 Å². The molecule has 0 radical (unpaired) electrons. The predicted octanol–water partition coefficient (Wildman–Crippen LogP) is 3.05. The van der Waals surface area contributed by atoms with Crippen molar-refractivity contribution in [1.82, 2.24) is 14.1 Å². The molecule has 0 spiro atoms. The third kappa shape index (κ3) is 3.83. The number of nitrogens with two attached hydrogens (primary N) is 1. The molecule has 0 saturated carbocycles. The van der Waals surface area contributed by atoms with Crippen molar-refractivity contribution < 1.29 is 13.9 Å². The lowest BCUT2D eigenvalue weighted by atomic mass is 10.0. The van der Waals surface area contributed by atoms with Gasteiger partial charge in [0.05, 0.1) is 23.1 Å². The van der Waals surface area contributed by atoms with Crippen molar-refractivity contribution >= 4 is 27.5 Å². The highest BCUT2D eigenvalue weighted by molar-refractivity contribution is 7.22. The Morgan fingerprint density at radius 1 is 1.26 bits per heavy atom. The van der Waals surface area contributed by atoms with Gasteiger partial charge in [0.25, 0.3) is 5.56 Å². The molecule has 9 nitrogen and oxygen atoms in total. The molecule has 0 bridgehead atoms. The molecule has 4 rings (SSSR count). The predicted molar refractivity (Wildman–Crippen MR) is 130 cm³/mol. The summed E-state index contributed by atoms with van der Waals surface area (Å²) in [6.45, 7) is 7.40. The van der Waals surface area contributed by atoms with Gasteiger partial charge in [-0.1, -0.05) is 18.2 Å². The summed E-state index contributed by atoms with van der Waals surface area (Å²) < 4.78 is 13.7. The number of hydrogen-bond donors (Lipinski definition) is 1. The van der Waals surface area contributed by atoms with Gasteiger partial charge in [0.15, 0.2) is 0 Å². The lowest BCUT2D eigenvalue weighted by Crippen LogP contribution is -2.54. The molecule has 0 saturated heterocycles. The number of nitrogens with zero attached hydrogens (tertiary/aromatic N) is 3. The zero-order valence-electron chi connectivity index (χ0n) is 19.5. The zero-order chi connectivity index (χ0) is 24.6. The fraction of sp³-hybridized carbons (Fsp3) is 0.333. The summed E-state index contributed by atoms with van der Waals surface area (Å²) in [7, 11) is 0. The van der Waals surface area contributed by atoms with Gasteiger partial charge in [-0.05, 0) is 51.3 Å². The van der Waals surface area contributed by atoms with Gasteiger partial charge in [0.2, 0.25) is 11.8 Å². The summed E-state index contributed by atoms with van der Waals surface area (Å²) in [6.07, 6.45) is 3.45. The van der Waals surface area contributed by atoms with Gasteiger partial charge in [-0.3, -0.25) is 14.2 Å². The second-order valence-electron chi connectivity index (χ2n) is 8.36. The van der Waals surface area contributed by atoms with Gasteiger partial charge >= 0.3 is 5.69 Å². The molecule has 178 valence electrons. The van der Waals surface area contributed by atoms with E-state index in [1.807, 2.05) is 31.2 Å². The number of aryl methyl sites for hydroxylation is 3. The number of rotatable bonds is 8. The molecule has 1 amide bonds. The van der Waals surface area contributed by atoms with E-state index in [0.717, 1.165) is 15.9 Å². The van der Waals surface area contributed by atoms with Crippen molar-refractivity contribution in [1.29, 1.82) is 0 Å². The van der Waals surface area contributed by atoms with Crippen molar-refractivity contribution in [2.24, 2.45) is 5.73 Å². The van der Waals surface area contributed by atoms with E-state index >= 15 is 0 Å². The second kappa shape index (κ2) is 8.94. The van der Waals surface area contributed by atoms with E-state index in [1.54, 1.807) is 6.92 Å². The molecule has 3 heterocycles. The Hall–Kier alpha value is -3.66. The number of carbonyl (C=O) groups is 1. The molecular formula is C24H26N4O5S. The van der Waals surface area contributed by atoms with Crippen LogP contribution in [0.15, 0.2) is 50.7 Å². The minimum atomic E-state index is -1.52. The summed E-state index contributed by atoms with van der Waals surface area (Å²) in [5.41, 5.74) is 4.45. The summed E-state index contributed by atoms with van der Waals surface area (Å²) in [4.78, 5) is 44.8. The number of aromatic nitrogens is 3. The Balaban J connectivity index is 1.96. The van der Waals surface area contributed by atoms with E-state index < -0.39 is 22.7 Å². The van der Waals surface area contributed by atoms with Crippen molar-refractivity contribution in [2.45, 2.75) is 46.2 Å². The topological polar surface area (TPSA) is 122 Å². The smallest absolute Gasteiger partial charge is 0.333 e. The SMILES string of the molecule is CCOc1ccccc1CCn1c(=O)n(C(C)(C)C(N)=O)c(=O)c2c(C)c(-c3ncco3)sc21. The Morgan fingerprint density at radius 3 is 2.65 bits per heavy atom. The maximum Gasteiger partial charge on any atom is 0.333 e. The number of benzene rings is 1. The van der Waals surface area contributed by atoms with Gasteiger partial charge in [-0.2, -0.15) is 0 Å². The standard InChI is InChI=1S/C24H26N4O5S/c1-5-32-16-9-7-6-8-15(16)10-12-27-21-17(14(2)18(34-21)19-26-11-13-33-19)20(29)28(23(27)31)24(3,4)22(25)30/h6-9,11,13H,5,10,12H2,1-4H3,(H2,25,30). The summed E-state index contributed by atoms with van der Waals surface area (Å²) >= 11 is 1.26. The number of para-hydroxylation sites is 1. The number of carbonyl (C=O) groups excluding carboxylic acids is 1. The van der Waals surface area contributed by atoms with Crippen LogP contribution in [-0.2, 0) is 23.3 Å². The van der Waals surface area contributed by atoms with E-state index in [4.69, 9.17) is 14.9 Å². The number of primary amides is 1. The Morgan fingerprint density at radius 2 is 2.00 bits per heavy atom. The Kier molecular flexibility index (Phi) is 6.18. The average Bonchev–Trinajstić information content (AvgIpc) is 3.43. The first-order valence-electron chi connectivity index (χ1n) is 10.9. The van der Waals surface area contributed by atoms with Gasteiger partial charge < -0.3 is 14.9 Å². The average molecular weight is 483 g/mol. The Bertz CT molecular complexity index is 1480. The molecule has 34 heavy (non-hydrogen) atoms. The monoisotopic (exact) mass is 482 g/mol. The lowest BCUT2D eigenvalue weighted by molar-refractivity contribution is -0.125. The number of oxazole rings is 1. The van der Waals surface area contributed by atoms with E-state index in [2.05, 4.69) is 4.98 Å². The number of thiophene rings is 1. The number of fused-ring (bicyclic) bond motifs is 1. The van der Waals surface area contributed by atoms with Crippen LogP contribution in [-0.4, -0.2) is 26.6 Å². The second-order valence-corrected chi connectivity index (χ2v) is 9.36. The molecule has 3 aromatic heterocycles. The van der Waals surface area contributed by atoms with Gasteiger partial charge in [-0.15, -0.1) is 11.3 Å². The third-order valence-electron chi connectivity index (χ3n) is 5.88. The van der Waals surface area contributed by atoms with Crippen LogP contribution in [0.25, 0.3) is 21.0 Å². The minimum absolute atomic E-state index is 0.263. The quantitative estimate of drug-likeness (QED) is 0.412. The maximum atomic E-state index is 13.6. The highest BCUT2D eigenvalue weighted by Crippen LogP contribution is 2.35. The first-order chi connectivity index (χ1) is 16.2. The van der Waals surface area contributed by atoms with Crippen LogP contribution >= 0.6 is 11.3 Å². The first kappa shape index (κ1) is 23.5. The normalized spacial score (nSPS) is 11.8. The van der Waals surface area contributed by atoms with Crippen LogP contribution in [0, 0.1) is 6.92 Å². The van der Waals surface area contributed by atoms with E-state index in [9.17, 15) is 14.4 Å². The lowest BCUT2D eigenvalue weighted by Gasteiger charge is -2.24. The molecule has 0 fully saturated rings. The summed E-state index contributed by atoms with van der Waals surface area (Å²) in [5.74, 6) is 0.322. The molecule has 10 heteroatoms. The van der Waals surface area contributed by atoms with Crippen LogP contribution in [0.3, 0.4) is 0 Å². The summed E-state index contributed by atoms with van der Waals surface area (Å²) in [6, 6.07) is 7.61. The molecule has 0 atom stereocenters. The number of ether oxygens (including phenoxy) is 1. The van der Waals surface area contributed by atoms with Crippen LogP contribution in [0.5, 0.6) is 5.75 Å². The molecule has 2 N–H and O–H groups in total. The van der Waals surface area contributed by atoms with Crippen molar-refractivity contribution in [2.75, 3.05) is 6.61 Å². The first-order valence-corrected chi connectivity index (χ1v) is 11.7. The molecule has 4 aromatic rings. The third-order valence-corrected chi connectivity index (χ3v) is 7.18. The van der Waals surface area contributed by atoms with Gasteiger partial charge in [0, 0.05) is 6.54 Å². The molecular weight excluding hydrogens is 456 g/mol. The van der Waals surface area contributed by atoms with Gasteiger partial charge in [-0.25, -0.2) is 14.3 Å². The fourth-order valence-corrected chi connectivity index (χ4v) is 5.18. The molecule has 0 aliphatic carbocycles. The van der Waals surface area contributed by atoms with Crippen LogP contribution in [0.1, 0.15) is 31.9 Å². The molecule has 0 unspecified atom stereocenters. The number of amides is 1. The largest absolute Gasteiger partial charge is 0.494 e. The minimum Gasteiger partial charge on any atom is -0.494 e. The van der Waals surface area contributed by atoms with Crippen molar-refractivity contribution in [3.05, 3.63) is 68.7 Å². The van der Waals surface area contributed by atoms with Crippen LogP contribution in [0.2, 0.25) is 0 Å². The Labute approximate surface area is 199 Å². The van der Waals surface area contributed by atoms with E-state index in [0.29, 0.717) is 39.6 Å². The van der Waals surface area contributed by atoms with E-state index in [-0.39, 0.29) is 6.54 Å². The van der Waals surface area contributed by atoms with Crippen LogP contribution in [0.4, 0.5) is 0 Å². The molecule has 0 aliphatic rings. The highest BCUT2D eigenvalue weighted by Gasteiger charge is 2.34.